The lowest BCUT2D eigenvalue weighted by Gasteiger charge is -2.08. The lowest BCUT2D eigenvalue weighted by Crippen LogP contribution is -2.17. The third-order valence-electron chi connectivity index (χ3n) is 2.67. The number of sulfonamides is 1. The average molecular weight is 303 g/mol. The standard InChI is InChI=1S/C11H11F2N3O3S/c1-5-6(2)15-19-11(5)16-20(17,18)10-8(12)3-7(14)4-9(10)13/h3-4,16H,14H2,1-2H3. The molecule has 0 bridgehead atoms. The molecule has 6 nitrogen and oxygen atoms in total. The molecule has 0 saturated heterocycles. The third-order valence-corrected chi connectivity index (χ3v) is 4.06. The average Bonchev–Trinajstić information content (AvgIpc) is 2.58. The summed E-state index contributed by atoms with van der Waals surface area (Å²) in [5.41, 5.74) is 5.89. The van der Waals surface area contributed by atoms with Crippen LogP contribution < -0.4 is 10.5 Å². The van der Waals surface area contributed by atoms with E-state index >= 15 is 0 Å². The number of nitrogens with two attached hydrogens (primary N) is 1. The zero-order valence-electron chi connectivity index (χ0n) is 10.6. The Kier molecular flexibility index (Phi) is 3.38. The molecule has 1 aromatic carbocycles. The fourth-order valence-electron chi connectivity index (χ4n) is 1.52. The van der Waals surface area contributed by atoms with Crippen molar-refractivity contribution in [3.05, 3.63) is 35.0 Å². The van der Waals surface area contributed by atoms with Gasteiger partial charge in [-0.25, -0.2) is 21.9 Å². The van der Waals surface area contributed by atoms with Gasteiger partial charge in [0.15, 0.2) is 4.90 Å². The number of hydrogen-bond acceptors (Lipinski definition) is 5. The molecule has 0 aliphatic rings. The van der Waals surface area contributed by atoms with Crippen LogP contribution in [-0.2, 0) is 10.0 Å². The van der Waals surface area contributed by atoms with E-state index in [4.69, 9.17) is 10.3 Å². The molecule has 108 valence electrons. The normalized spacial score (nSPS) is 11.6. The van der Waals surface area contributed by atoms with Gasteiger partial charge in [0, 0.05) is 11.3 Å². The number of benzene rings is 1. The Hall–Kier alpha value is -2.16. The monoisotopic (exact) mass is 303 g/mol. The van der Waals surface area contributed by atoms with E-state index in [1.54, 1.807) is 13.8 Å². The lowest BCUT2D eigenvalue weighted by molar-refractivity contribution is 0.430. The van der Waals surface area contributed by atoms with Crippen molar-refractivity contribution >= 4 is 21.6 Å². The SMILES string of the molecule is Cc1noc(NS(=O)(=O)c2c(F)cc(N)cc2F)c1C. The molecule has 0 aliphatic heterocycles. The van der Waals surface area contributed by atoms with E-state index in [0.717, 1.165) is 12.1 Å². The summed E-state index contributed by atoms with van der Waals surface area (Å²) in [5.74, 6) is -2.77. The topological polar surface area (TPSA) is 98.2 Å². The van der Waals surface area contributed by atoms with Crippen LogP contribution in [0.4, 0.5) is 20.4 Å². The first-order valence-electron chi connectivity index (χ1n) is 5.42. The van der Waals surface area contributed by atoms with Gasteiger partial charge in [-0.1, -0.05) is 5.16 Å². The molecule has 0 radical (unpaired) electrons. The summed E-state index contributed by atoms with van der Waals surface area (Å²) in [6.45, 7) is 3.15. The van der Waals surface area contributed by atoms with Gasteiger partial charge in [0.25, 0.3) is 10.0 Å². The molecule has 9 heteroatoms. The maximum atomic E-state index is 13.6. The number of rotatable bonds is 3. The molecular formula is C11H11F2N3O3S. The first-order valence-corrected chi connectivity index (χ1v) is 6.91. The maximum absolute atomic E-state index is 13.6. The second-order valence-electron chi connectivity index (χ2n) is 4.14. The van der Waals surface area contributed by atoms with E-state index in [0.29, 0.717) is 11.3 Å². The molecule has 0 saturated carbocycles. The van der Waals surface area contributed by atoms with Crippen molar-refractivity contribution in [3.8, 4) is 0 Å². The van der Waals surface area contributed by atoms with Crippen molar-refractivity contribution in [3.63, 3.8) is 0 Å². The molecule has 0 atom stereocenters. The summed E-state index contributed by atoms with van der Waals surface area (Å²) >= 11 is 0. The number of hydrogen-bond donors (Lipinski definition) is 2. The van der Waals surface area contributed by atoms with Crippen molar-refractivity contribution in [1.29, 1.82) is 0 Å². The van der Waals surface area contributed by atoms with Crippen molar-refractivity contribution in [2.24, 2.45) is 0 Å². The van der Waals surface area contributed by atoms with Gasteiger partial charge in [0.05, 0.1) is 5.69 Å². The first-order chi connectivity index (χ1) is 9.22. The maximum Gasteiger partial charge on any atom is 0.270 e. The summed E-state index contributed by atoms with van der Waals surface area (Å²) in [4.78, 5) is -1.12. The number of anilines is 2. The number of nitrogen functional groups attached to an aromatic ring is 1. The molecule has 3 N–H and O–H groups in total. The van der Waals surface area contributed by atoms with E-state index in [2.05, 4.69) is 5.16 Å². The highest BCUT2D eigenvalue weighted by molar-refractivity contribution is 7.92. The van der Waals surface area contributed by atoms with Gasteiger partial charge in [0.2, 0.25) is 5.88 Å². The number of aryl methyl sites for hydroxylation is 1. The summed E-state index contributed by atoms with van der Waals surface area (Å²) in [6.07, 6.45) is 0. The van der Waals surface area contributed by atoms with Crippen LogP contribution in [-0.4, -0.2) is 13.6 Å². The Balaban J connectivity index is 2.49. The highest BCUT2D eigenvalue weighted by Gasteiger charge is 2.27. The van der Waals surface area contributed by atoms with Gasteiger partial charge in [-0.05, 0) is 26.0 Å². The second-order valence-corrected chi connectivity index (χ2v) is 5.76. The van der Waals surface area contributed by atoms with Crippen LogP contribution in [0.25, 0.3) is 0 Å². The molecule has 0 aliphatic carbocycles. The van der Waals surface area contributed by atoms with Gasteiger partial charge in [-0.2, -0.15) is 0 Å². The molecule has 1 aromatic heterocycles. The Morgan fingerprint density at radius 1 is 1.25 bits per heavy atom. The zero-order chi connectivity index (χ0) is 15.1. The van der Waals surface area contributed by atoms with Crippen molar-refractivity contribution in [2.75, 3.05) is 10.5 Å². The molecule has 0 amide bonds. The minimum Gasteiger partial charge on any atom is -0.399 e. The summed E-state index contributed by atoms with van der Waals surface area (Å²) in [5, 5.41) is 3.54. The largest absolute Gasteiger partial charge is 0.399 e. The van der Waals surface area contributed by atoms with Gasteiger partial charge in [-0.15, -0.1) is 0 Å². The van der Waals surface area contributed by atoms with Crippen LogP contribution in [0.5, 0.6) is 0 Å². The molecule has 0 fully saturated rings. The lowest BCUT2D eigenvalue weighted by atomic mass is 10.3. The highest BCUT2D eigenvalue weighted by atomic mass is 32.2. The van der Waals surface area contributed by atoms with Crippen molar-refractivity contribution in [1.82, 2.24) is 5.16 Å². The Bertz CT molecular complexity index is 748. The van der Waals surface area contributed by atoms with E-state index in [1.807, 2.05) is 4.72 Å². The van der Waals surface area contributed by atoms with E-state index in [9.17, 15) is 17.2 Å². The number of halogens is 2. The van der Waals surface area contributed by atoms with Crippen LogP contribution in [0.3, 0.4) is 0 Å². The fraction of sp³-hybridized carbons (Fsp3) is 0.182. The molecule has 0 unspecified atom stereocenters. The van der Waals surface area contributed by atoms with Crippen molar-refractivity contribution < 1.29 is 21.7 Å². The Morgan fingerprint density at radius 2 is 1.80 bits per heavy atom. The predicted octanol–water partition coefficient (Wildman–Crippen LogP) is 1.95. The summed E-state index contributed by atoms with van der Waals surface area (Å²) < 4.78 is 57.9. The number of aromatic nitrogens is 1. The number of nitrogens with one attached hydrogen (secondary N) is 1. The van der Waals surface area contributed by atoms with Gasteiger partial charge in [-0.3, -0.25) is 0 Å². The number of nitrogens with zero attached hydrogens (tertiary/aromatic N) is 1. The summed E-state index contributed by atoms with van der Waals surface area (Å²) in [7, 11) is -4.49. The van der Waals surface area contributed by atoms with E-state index in [-0.39, 0.29) is 11.6 Å². The van der Waals surface area contributed by atoms with E-state index in [1.165, 1.54) is 0 Å². The Labute approximate surface area is 113 Å². The van der Waals surface area contributed by atoms with Crippen LogP contribution in [0.2, 0.25) is 0 Å². The smallest absolute Gasteiger partial charge is 0.270 e. The molecule has 0 spiro atoms. The van der Waals surface area contributed by atoms with Gasteiger partial charge in [0.1, 0.15) is 11.6 Å². The quantitative estimate of drug-likeness (QED) is 0.844. The fourth-order valence-corrected chi connectivity index (χ4v) is 2.69. The first kappa shape index (κ1) is 14.3. The van der Waals surface area contributed by atoms with Gasteiger partial charge >= 0.3 is 0 Å². The highest BCUT2D eigenvalue weighted by Crippen LogP contribution is 2.26. The molecular weight excluding hydrogens is 292 g/mol. The minimum atomic E-state index is -4.49. The van der Waals surface area contributed by atoms with Crippen LogP contribution in [0.15, 0.2) is 21.6 Å². The molecule has 2 rings (SSSR count). The van der Waals surface area contributed by atoms with Crippen molar-refractivity contribution in [2.45, 2.75) is 18.7 Å². The zero-order valence-corrected chi connectivity index (χ0v) is 11.4. The van der Waals surface area contributed by atoms with Gasteiger partial charge < -0.3 is 10.3 Å². The van der Waals surface area contributed by atoms with Crippen LogP contribution >= 0.6 is 0 Å². The minimum absolute atomic E-state index is 0.196. The molecule has 2 aromatic rings. The van der Waals surface area contributed by atoms with Crippen LogP contribution in [0, 0.1) is 25.5 Å². The van der Waals surface area contributed by atoms with Crippen LogP contribution in [0.1, 0.15) is 11.3 Å². The third kappa shape index (κ3) is 2.44. The van der Waals surface area contributed by atoms with E-state index < -0.39 is 26.6 Å². The molecule has 1 heterocycles. The second kappa shape index (κ2) is 4.75. The Morgan fingerprint density at radius 3 is 2.25 bits per heavy atom. The summed E-state index contributed by atoms with van der Waals surface area (Å²) in [6, 6.07) is 1.44. The molecule has 20 heavy (non-hydrogen) atoms. The predicted molar refractivity (Wildman–Crippen MR) is 67.6 cm³/mol.